The molecule has 0 aliphatic heterocycles. The smallest absolute Gasteiger partial charge is 0.133 e. The van der Waals surface area contributed by atoms with Crippen LogP contribution in [-0.2, 0) is 6.42 Å². The fourth-order valence-corrected chi connectivity index (χ4v) is 2.49. The first-order chi connectivity index (χ1) is 9.13. The molecular formula is C16H13F2N. The molecule has 0 amide bonds. The number of nitrogen functional groups attached to an aromatic ring is 1. The fourth-order valence-electron chi connectivity index (χ4n) is 2.49. The van der Waals surface area contributed by atoms with Gasteiger partial charge in [0.1, 0.15) is 11.6 Å². The van der Waals surface area contributed by atoms with E-state index in [-0.39, 0.29) is 0 Å². The number of aryl methyl sites for hydroxylation is 1. The van der Waals surface area contributed by atoms with Gasteiger partial charge in [-0.1, -0.05) is 6.07 Å². The summed E-state index contributed by atoms with van der Waals surface area (Å²) < 4.78 is 26.5. The minimum atomic E-state index is -0.556. The van der Waals surface area contributed by atoms with E-state index in [1.54, 1.807) is 6.08 Å². The van der Waals surface area contributed by atoms with Crippen molar-refractivity contribution in [1.82, 2.24) is 0 Å². The Labute approximate surface area is 110 Å². The highest BCUT2D eigenvalue weighted by Gasteiger charge is 2.16. The predicted molar refractivity (Wildman–Crippen MR) is 73.4 cm³/mol. The standard InChI is InChI=1S/C16H13F2N/c17-13-4-3-12(16(18)9-13)7-10-1-2-11-8-14(19)5-6-15(10)11/h3-9H,1-2,19H2. The first-order valence-electron chi connectivity index (χ1n) is 6.18. The van der Waals surface area contributed by atoms with Gasteiger partial charge in [0.05, 0.1) is 0 Å². The molecule has 3 rings (SSSR count). The first kappa shape index (κ1) is 11.9. The molecule has 0 saturated heterocycles. The summed E-state index contributed by atoms with van der Waals surface area (Å²) in [6.45, 7) is 0. The Morgan fingerprint density at radius 2 is 1.84 bits per heavy atom. The normalized spacial score (nSPS) is 15.8. The molecule has 0 radical (unpaired) electrons. The van der Waals surface area contributed by atoms with E-state index in [9.17, 15) is 8.78 Å². The van der Waals surface area contributed by atoms with Crippen molar-refractivity contribution in [3.63, 3.8) is 0 Å². The Hall–Kier alpha value is -2.16. The maximum absolute atomic E-state index is 13.6. The molecule has 0 bridgehead atoms. The molecule has 0 fully saturated rings. The van der Waals surface area contributed by atoms with E-state index in [1.165, 1.54) is 17.7 Å². The lowest BCUT2D eigenvalue weighted by atomic mass is 10.0. The van der Waals surface area contributed by atoms with E-state index in [4.69, 9.17) is 5.73 Å². The SMILES string of the molecule is Nc1ccc2c(c1)CCC2=Cc1ccc(F)cc1F. The zero-order valence-corrected chi connectivity index (χ0v) is 10.3. The first-order valence-corrected chi connectivity index (χ1v) is 6.18. The van der Waals surface area contributed by atoms with Crippen molar-refractivity contribution in [2.75, 3.05) is 5.73 Å². The van der Waals surface area contributed by atoms with Crippen LogP contribution in [0.25, 0.3) is 11.6 Å². The van der Waals surface area contributed by atoms with Gasteiger partial charge < -0.3 is 5.73 Å². The van der Waals surface area contributed by atoms with Gasteiger partial charge in [0.2, 0.25) is 0 Å². The number of fused-ring (bicyclic) bond motifs is 1. The number of benzene rings is 2. The van der Waals surface area contributed by atoms with Crippen LogP contribution in [0.1, 0.15) is 23.1 Å². The minimum Gasteiger partial charge on any atom is -0.399 e. The van der Waals surface area contributed by atoms with Crippen LogP contribution in [0.5, 0.6) is 0 Å². The monoisotopic (exact) mass is 257 g/mol. The van der Waals surface area contributed by atoms with Gasteiger partial charge >= 0.3 is 0 Å². The van der Waals surface area contributed by atoms with E-state index in [0.29, 0.717) is 5.56 Å². The maximum atomic E-state index is 13.6. The molecule has 0 heterocycles. The van der Waals surface area contributed by atoms with Crippen LogP contribution < -0.4 is 5.73 Å². The molecule has 96 valence electrons. The average molecular weight is 257 g/mol. The summed E-state index contributed by atoms with van der Waals surface area (Å²) >= 11 is 0. The van der Waals surface area contributed by atoms with Gasteiger partial charge in [-0.25, -0.2) is 8.78 Å². The zero-order chi connectivity index (χ0) is 13.4. The summed E-state index contributed by atoms with van der Waals surface area (Å²) in [5, 5.41) is 0. The van der Waals surface area contributed by atoms with Crippen molar-refractivity contribution in [2.24, 2.45) is 0 Å². The van der Waals surface area contributed by atoms with Gasteiger partial charge in [-0.05, 0) is 59.9 Å². The second kappa shape index (κ2) is 4.50. The largest absolute Gasteiger partial charge is 0.399 e. The van der Waals surface area contributed by atoms with Crippen LogP contribution in [0.2, 0.25) is 0 Å². The van der Waals surface area contributed by atoms with Gasteiger partial charge in [0.25, 0.3) is 0 Å². The lowest BCUT2D eigenvalue weighted by molar-refractivity contribution is 0.581. The highest BCUT2D eigenvalue weighted by atomic mass is 19.1. The number of nitrogens with two attached hydrogens (primary N) is 1. The number of rotatable bonds is 1. The number of halogens is 2. The lowest BCUT2D eigenvalue weighted by Gasteiger charge is -2.03. The van der Waals surface area contributed by atoms with Crippen LogP contribution in [0.4, 0.5) is 14.5 Å². The zero-order valence-electron chi connectivity index (χ0n) is 10.3. The second-order valence-corrected chi connectivity index (χ2v) is 4.75. The molecule has 0 aromatic heterocycles. The van der Waals surface area contributed by atoms with Crippen molar-refractivity contribution in [3.8, 4) is 0 Å². The van der Waals surface area contributed by atoms with Crippen LogP contribution in [0.3, 0.4) is 0 Å². The fraction of sp³-hybridized carbons (Fsp3) is 0.125. The predicted octanol–water partition coefficient (Wildman–Crippen LogP) is 4.03. The number of anilines is 1. The molecule has 2 aromatic carbocycles. The number of hydrogen-bond donors (Lipinski definition) is 1. The van der Waals surface area contributed by atoms with Gasteiger partial charge in [0.15, 0.2) is 0 Å². The van der Waals surface area contributed by atoms with Crippen molar-refractivity contribution in [2.45, 2.75) is 12.8 Å². The summed E-state index contributed by atoms with van der Waals surface area (Å²) in [4.78, 5) is 0. The van der Waals surface area contributed by atoms with Crippen molar-refractivity contribution in [3.05, 3.63) is 64.7 Å². The molecule has 2 N–H and O–H groups in total. The van der Waals surface area contributed by atoms with Crippen LogP contribution >= 0.6 is 0 Å². The topological polar surface area (TPSA) is 26.0 Å². The third kappa shape index (κ3) is 2.24. The molecule has 1 nitrogen and oxygen atoms in total. The van der Waals surface area contributed by atoms with Gasteiger partial charge in [-0.2, -0.15) is 0 Å². The number of allylic oxidation sites excluding steroid dienone is 1. The molecule has 0 saturated carbocycles. The minimum absolute atomic E-state index is 0.418. The molecule has 0 atom stereocenters. The molecular weight excluding hydrogens is 244 g/mol. The van der Waals surface area contributed by atoms with E-state index >= 15 is 0 Å². The summed E-state index contributed by atoms with van der Waals surface area (Å²) in [5.74, 6) is -1.09. The van der Waals surface area contributed by atoms with Crippen LogP contribution in [0, 0.1) is 11.6 Å². The maximum Gasteiger partial charge on any atom is 0.133 e. The quantitative estimate of drug-likeness (QED) is 0.767. The third-order valence-corrected chi connectivity index (χ3v) is 3.43. The van der Waals surface area contributed by atoms with E-state index in [1.807, 2.05) is 18.2 Å². The summed E-state index contributed by atoms with van der Waals surface area (Å²) in [7, 11) is 0. The molecule has 1 aliphatic rings. The van der Waals surface area contributed by atoms with E-state index in [0.717, 1.165) is 35.7 Å². The summed E-state index contributed by atoms with van der Waals surface area (Å²) in [5.41, 5.74) is 10.3. The molecule has 19 heavy (non-hydrogen) atoms. The van der Waals surface area contributed by atoms with Gasteiger partial charge in [-0.3, -0.25) is 0 Å². The third-order valence-electron chi connectivity index (χ3n) is 3.43. The van der Waals surface area contributed by atoms with Gasteiger partial charge in [-0.15, -0.1) is 0 Å². The Balaban J connectivity index is 2.03. The molecule has 3 heteroatoms. The highest BCUT2D eigenvalue weighted by Crippen LogP contribution is 2.35. The van der Waals surface area contributed by atoms with Crippen molar-refractivity contribution in [1.29, 1.82) is 0 Å². The molecule has 1 aliphatic carbocycles. The van der Waals surface area contributed by atoms with E-state index < -0.39 is 11.6 Å². The Kier molecular flexibility index (Phi) is 2.82. The Bertz CT molecular complexity index is 674. The Morgan fingerprint density at radius 3 is 2.63 bits per heavy atom. The van der Waals surface area contributed by atoms with Gasteiger partial charge in [0, 0.05) is 17.3 Å². The van der Waals surface area contributed by atoms with Crippen LogP contribution in [-0.4, -0.2) is 0 Å². The lowest BCUT2D eigenvalue weighted by Crippen LogP contribution is -1.88. The van der Waals surface area contributed by atoms with E-state index in [2.05, 4.69) is 0 Å². The molecule has 0 spiro atoms. The Morgan fingerprint density at radius 1 is 1.00 bits per heavy atom. The van der Waals surface area contributed by atoms with Crippen molar-refractivity contribution >= 4 is 17.3 Å². The second-order valence-electron chi connectivity index (χ2n) is 4.75. The summed E-state index contributed by atoms with van der Waals surface area (Å²) in [6, 6.07) is 9.41. The molecule has 2 aromatic rings. The van der Waals surface area contributed by atoms with Crippen molar-refractivity contribution < 1.29 is 8.78 Å². The highest BCUT2D eigenvalue weighted by molar-refractivity contribution is 5.86. The summed E-state index contributed by atoms with van der Waals surface area (Å²) in [6.07, 6.45) is 3.56. The van der Waals surface area contributed by atoms with Crippen LogP contribution in [0.15, 0.2) is 36.4 Å². The average Bonchev–Trinajstić information content (AvgIpc) is 2.75. The number of hydrogen-bond acceptors (Lipinski definition) is 1. The molecule has 0 unspecified atom stereocenters.